The lowest BCUT2D eigenvalue weighted by Crippen LogP contribution is -2.32. The number of anilines is 1. The maximum Gasteiger partial charge on any atom is 0.273 e. The van der Waals surface area contributed by atoms with Crippen molar-refractivity contribution >= 4 is 34.6 Å². The van der Waals surface area contributed by atoms with Gasteiger partial charge in [-0.25, -0.2) is 0 Å². The Bertz CT molecular complexity index is 1710. The Morgan fingerprint density at radius 1 is 0.973 bits per heavy atom. The van der Waals surface area contributed by atoms with E-state index < -0.39 is 5.91 Å². The van der Waals surface area contributed by atoms with Gasteiger partial charge in [0.25, 0.3) is 11.5 Å². The second-order valence-electron chi connectivity index (χ2n) is 8.18. The normalized spacial score (nSPS) is 12.0. The van der Waals surface area contributed by atoms with Gasteiger partial charge in [-0.2, -0.15) is 5.26 Å². The third-order valence-electron chi connectivity index (χ3n) is 5.85. The third kappa shape index (κ3) is 5.03. The Morgan fingerprint density at radius 2 is 1.68 bits per heavy atom. The van der Waals surface area contributed by atoms with Gasteiger partial charge in [0.2, 0.25) is 0 Å². The molecule has 3 aromatic carbocycles. The second kappa shape index (κ2) is 11.0. The molecule has 0 aliphatic heterocycles. The predicted octanol–water partition coefficient (Wildman–Crippen LogP) is 3.67. The SMILES string of the molecule is COc1cccc(/C=c2/s/c(=C(/C#N)C(=O)Nc3ccccc3C)n(-c3ccccc3C)c2=O)c1OC. The van der Waals surface area contributed by atoms with E-state index in [1.165, 1.54) is 18.8 Å². The summed E-state index contributed by atoms with van der Waals surface area (Å²) >= 11 is 1.07. The Morgan fingerprint density at radius 3 is 2.32 bits per heavy atom. The first-order valence-corrected chi connectivity index (χ1v) is 12.2. The standard InChI is InChI=1S/C29H25N3O4S/c1-18-10-5-7-13-22(18)31-27(33)21(17-30)29-32(23-14-8-6-11-19(23)2)28(34)25(37-29)16-20-12-9-15-24(35-3)26(20)36-4/h5-16H,1-4H3,(H,31,33)/b25-16+,29-21-. The zero-order chi connectivity index (χ0) is 26.5. The van der Waals surface area contributed by atoms with Crippen LogP contribution in [-0.2, 0) is 4.79 Å². The van der Waals surface area contributed by atoms with Gasteiger partial charge in [-0.1, -0.05) is 48.5 Å². The monoisotopic (exact) mass is 511 g/mol. The van der Waals surface area contributed by atoms with Gasteiger partial charge in [-0.3, -0.25) is 14.2 Å². The minimum Gasteiger partial charge on any atom is -0.493 e. The minimum atomic E-state index is -0.592. The number of carbonyl (C=O) groups is 1. The average Bonchev–Trinajstić information content (AvgIpc) is 3.21. The number of hydrogen-bond acceptors (Lipinski definition) is 6. The van der Waals surface area contributed by atoms with Crippen molar-refractivity contribution in [2.45, 2.75) is 13.8 Å². The molecule has 0 bridgehead atoms. The summed E-state index contributed by atoms with van der Waals surface area (Å²) in [6.07, 6.45) is 1.68. The van der Waals surface area contributed by atoms with Crippen LogP contribution in [0.4, 0.5) is 5.69 Å². The highest BCUT2D eigenvalue weighted by Crippen LogP contribution is 2.31. The van der Waals surface area contributed by atoms with Gasteiger partial charge in [0, 0.05) is 11.3 Å². The first-order chi connectivity index (χ1) is 17.9. The fraction of sp³-hybridized carbons (Fsp3) is 0.138. The van der Waals surface area contributed by atoms with Gasteiger partial charge in [0.15, 0.2) is 17.1 Å². The van der Waals surface area contributed by atoms with E-state index in [1.54, 1.807) is 42.5 Å². The van der Waals surface area contributed by atoms with Crippen LogP contribution in [-0.4, -0.2) is 24.7 Å². The molecule has 4 rings (SSSR count). The Balaban J connectivity index is 2.03. The van der Waals surface area contributed by atoms with Crippen molar-refractivity contribution in [2.24, 2.45) is 0 Å². The molecule has 1 aromatic heterocycles. The summed E-state index contributed by atoms with van der Waals surface area (Å²) in [5, 5.41) is 12.9. The van der Waals surface area contributed by atoms with Crippen molar-refractivity contribution in [1.29, 1.82) is 5.26 Å². The minimum absolute atomic E-state index is 0.161. The Kier molecular flexibility index (Phi) is 7.56. The number of nitrogens with zero attached hydrogens (tertiary/aromatic N) is 2. The topological polar surface area (TPSA) is 93.4 Å². The molecule has 0 atom stereocenters. The number of aromatic nitrogens is 1. The molecule has 0 radical (unpaired) electrons. The van der Waals surface area contributed by atoms with E-state index in [9.17, 15) is 14.9 Å². The number of rotatable bonds is 6. The van der Waals surface area contributed by atoms with E-state index >= 15 is 0 Å². The molecule has 0 aliphatic rings. The van der Waals surface area contributed by atoms with Crippen LogP contribution in [0, 0.1) is 25.2 Å². The highest BCUT2D eigenvalue weighted by molar-refractivity contribution is 7.07. The molecule has 0 spiro atoms. The van der Waals surface area contributed by atoms with E-state index in [4.69, 9.17) is 9.47 Å². The molecular formula is C29H25N3O4S. The van der Waals surface area contributed by atoms with Crippen molar-refractivity contribution in [1.82, 2.24) is 4.57 Å². The number of benzene rings is 3. The number of aryl methyl sites for hydroxylation is 2. The lowest BCUT2D eigenvalue weighted by atomic mass is 10.1. The summed E-state index contributed by atoms with van der Waals surface area (Å²) in [6, 6.07) is 22.0. The van der Waals surface area contributed by atoms with Gasteiger partial charge in [0.1, 0.15) is 10.7 Å². The van der Waals surface area contributed by atoms with Crippen LogP contribution in [0.1, 0.15) is 16.7 Å². The molecule has 0 saturated heterocycles. The maximum absolute atomic E-state index is 13.8. The van der Waals surface area contributed by atoms with Crippen molar-refractivity contribution in [3.05, 3.63) is 103 Å². The molecule has 4 aromatic rings. The lowest BCUT2D eigenvalue weighted by Gasteiger charge is -2.09. The molecule has 1 heterocycles. The summed E-state index contributed by atoms with van der Waals surface area (Å²) in [5.74, 6) is 0.406. The molecule has 0 fully saturated rings. The summed E-state index contributed by atoms with van der Waals surface area (Å²) in [6.45, 7) is 3.74. The first-order valence-electron chi connectivity index (χ1n) is 11.4. The van der Waals surface area contributed by atoms with E-state index in [0.29, 0.717) is 33.0 Å². The Hall–Kier alpha value is -4.61. The number of para-hydroxylation sites is 3. The largest absolute Gasteiger partial charge is 0.493 e. The molecule has 8 heteroatoms. The molecular weight excluding hydrogens is 486 g/mol. The first kappa shape index (κ1) is 25.5. The van der Waals surface area contributed by atoms with E-state index in [0.717, 1.165) is 22.5 Å². The fourth-order valence-electron chi connectivity index (χ4n) is 3.94. The molecule has 0 saturated carbocycles. The van der Waals surface area contributed by atoms with Crippen LogP contribution in [0.15, 0.2) is 71.5 Å². The molecule has 7 nitrogen and oxygen atoms in total. The zero-order valence-electron chi connectivity index (χ0n) is 20.9. The summed E-state index contributed by atoms with van der Waals surface area (Å²) in [5.41, 5.74) is 2.98. The number of hydrogen-bond donors (Lipinski definition) is 1. The zero-order valence-corrected chi connectivity index (χ0v) is 21.7. The highest BCUT2D eigenvalue weighted by atomic mass is 32.1. The number of thiazole rings is 1. The molecule has 1 N–H and O–H groups in total. The van der Waals surface area contributed by atoms with Crippen LogP contribution in [0.25, 0.3) is 17.3 Å². The van der Waals surface area contributed by atoms with Crippen LogP contribution >= 0.6 is 11.3 Å². The van der Waals surface area contributed by atoms with Gasteiger partial charge < -0.3 is 14.8 Å². The van der Waals surface area contributed by atoms with E-state index in [-0.39, 0.29) is 15.8 Å². The van der Waals surface area contributed by atoms with Crippen molar-refractivity contribution < 1.29 is 14.3 Å². The van der Waals surface area contributed by atoms with Crippen molar-refractivity contribution in [3.8, 4) is 23.3 Å². The summed E-state index contributed by atoms with van der Waals surface area (Å²) < 4.78 is 12.9. The van der Waals surface area contributed by atoms with Gasteiger partial charge >= 0.3 is 0 Å². The van der Waals surface area contributed by atoms with Crippen LogP contribution in [0.5, 0.6) is 11.5 Å². The Labute approximate surface area is 218 Å². The number of nitrogens with one attached hydrogen (secondary N) is 1. The van der Waals surface area contributed by atoms with Gasteiger partial charge in [-0.15, -0.1) is 11.3 Å². The molecule has 186 valence electrons. The number of ether oxygens (including phenoxy) is 2. The third-order valence-corrected chi connectivity index (χ3v) is 6.94. The highest BCUT2D eigenvalue weighted by Gasteiger charge is 2.19. The summed E-state index contributed by atoms with van der Waals surface area (Å²) in [7, 11) is 3.06. The van der Waals surface area contributed by atoms with Crippen LogP contribution < -0.4 is 29.5 Å². The van der Waals surface area contributed by atoms with Crippen LogP contribution in [0.2, 0.25) is 0 Å². The quantitative estimate of drug-likeness (QED) is 0.426. The van der Waals surface area contributed by atoms with E-state index in [2.05, 4.69) is 5.32 Å². The van der Waals surface area contributed by atoms with E-state index in [1.807, 2.05) is 50.2 Å². The second-order valence-corrected chi connectivity index (χ2v) is 9.21. The molecule has 0 aliphatic carbocycles. The predicted molar refractivity (Wildman–Crippen MR) is 146 cm³/mol. The van der Waals surface area contributed by atoms with Crippen LogP contribution in [0.3, 0.4) is 0 Å². The van der Waals surface area contributed by atoms with Gasteiger partial charge in [0.05, 0.1) is 24.4 Å². The van der Waals surface area contributed by atoms with Crippen molar-refractivity contribution in [2.75, 3.05) is 19.5 Å². The van der Waals surface area contributed by atoms with Gasteiger partial charge in [-0.05, 0) is 49.2 Å². The van der Waals surface area contributed by atoms with Crippen molar-refractivity contribution in [3.63, 3.8) is 0 Å². The number of methoxy groups -OCH3 is 2. The number of carbonyl (C=O) groups excluding carboxylic acids is 1. The molecule has 1 amide bonds. The average molecular weight is 512 g/mol. The maximum atomic E-state index is 13.8. The smallest absolute Gasteiger partial charge is 0.273 e. The molecule has 0 unspecified atom stereocenters. The fourth-order valence-corrected chi connectivity index (χ4v) is 5.03. The lowest BCUT2D eigenvalue weighted by molar-refractivity contribution is -0.111. The summed E-state index contributed by atoms with van der Waals surface area (Å²) in [4.78, 5) is 27.1. The molecule has 37 heavy (non-hydrogen) atoms. The number of amides is 1. The number of nitriles is 1.